The SMILES string of the molecule is CC.CN.COc1ccc(C(=N)N)cc1/C=C/CCCCc1nnc(C)o1. The molecule has 7 heteroatoms. The van der Waals surface area contributed by atoms with E-state index in [0.717, 1.165) is 37.0 Å². The third-order valence-electron chi connectivity index (χ3n) is 3.42. The number of hydrogen-bond acceptors (Lipinski definition) is 6. The molecular weight excluding hydrogens is 342 g/mol. The fraction of sp³-hybridized carbons (Fsp3) is 0.450. The second-order valence-corrected chi connectivity index (χ2v) is 5.23. The molecule has 0 saturated carbocycles. The number of allylic oxidation sites excluding steroid dienone is 1. The van der Waals surface area contributed by atoms with Crippen molar-refractivity contribution in [3.63, 3.8) is 0 Å². The Hall–Kier alpha value is -2.67. The van der Waals surface area contributed by atoms with Crippen molar-refractivity contribution in [1.82, 2.24) is 10.2 Å². The standard InChI is InChI=1S/C17H22N4O2.C2H6.CH5N/c1-12-20-21-16(23-12)8-6-4-3-5-7-13-11-14(17(18)19)9-10-15(13)22-2;2*1-2/h5,7,9-11H,3-4,6,8H2,1-2H3,(H3,18,19);1-2H3;2H2,1H3/b7-5+;;. The van der Waals surface area contributed by atoms with Crippen molar-refractivity contribution in [1.29, 1.82) is 5.41 Å². The van der Waals surface area contributed by atoms with Crippen LogP contribution in [0.4, 0.5) is 0 Å². The maximum atomic E-state index is 7.50. The van der Waals surface area contributed by atoms with E-state index < -0.39 is 0 Å². The van der Waals surface area contributed by atoms with Crippen molar-refractivity contribution in [2.75, 3.05) is 14.2 Å². The Morgan fingerprint density at radius 2 is 1.93 bits per heavy atom. The van der Waals surface area contributed by atoms with Crippen LogP contribution < -0.4 is 16.2 Å². The van der Waals surface area contributed by atoms with Crippen LogP contribution in [0.3, 0.4) is 0 Å². The normalized spacial score (nSPS) is 9.85. The number of aromatic nitrogens is 2. The summed E-state index contributed by atoms with van der Waals surface area (Å²) in [5.41, 5.74) is 11.6. The number of nitrogens with zero attached hydrogens (tertiary/aromatic N) is 2. The van der Waals surface area contributed by atoms with Gasteiger partial charge in [0.2, 0.25) is 11.8 Å². The Kier molecular flexibility index (Phi) is 13.1. The molecule has 0 atom stereocenters. The summed E-state index contributed by atoms with van der Waals surface area (Å²) in [4.78, 5) is 0. The predicted molar refractivity (Wildman–Crippen MR) is 111 cm³/mol. The van der Waals surface area contributed by atoms with Gasteiger partial charge in [0, 0.05) is 24.5 Å². The zero-order chi connectivity index (χ0) is 20.7. The minimum atomic E-state index is 0.0529. The average molecular weight is 376 g/mol. The molecule has 0 aliphatic carbocycles. The topological polar surface area (TPSA) is 124 Å². The van der Waals surface area contributed by atoms with Crippen LogP contribution in [0.15, 0.2) is 28.7 Å². The smallest absolute Gasteiger partial charge is 0.216 e. The number of nitrogens with one attached hydrogen (secondary N) is 1. The second-order valence-electron chi connectivity index (χ2n) is 5.23. The summed E-state index contributed by atoms with van der Waals surface area (Å²) in [5, 5.41) is 15.3. The number of ether oxygens (including phenoxy) is 1. The molecule has 2 rings (SSSR count). The summed E-state index contributed by atoms with van der Waals surface area (Å²) < 4.78 is 10.7. The molecule has 1 aromatic carbocycles. The third kappa shape index (κ3) is 9.01. The molecule has 0 radical (unpaired) electrons. The Morgan fingerprint density at radius 1 is 1.22 bits per heavy atom. The fourth-order valence-electron chi connectivity index (χ4n) is 2.22. The van der Waals surface area contributed by atoms with Gasteiger partial charge in [-0.3, -0.25) is 5.41 Å². The van der Waals surface area contributed by atoms with Crippen molar-refractivity contribution in [2.24, 2.45) is 11.5 Å². The van der Waals surface area contributed by atoms with Gasteiger partial charge < -0.3 is 20.6 Å². The number of aryl methyl sites for hydroxylation is 2. The van der Waals surface area contributed by atoms with Gasteiger partial charge in [-0.25, -0.2) is 0 Å². The van der Waals surface area contributed by atoms with Crippen molar-refractivity contribution >= 4 is 11.9 Å². The molecule has 150 valence electrons. The van der Waals surface area contributed by atoms with Crippen LogP contribution >= 0.6 is 0 Å². The Bertz CT molecular complexity index is 695. The lowest BCUT2D eigenvalue weighted by atomic mass is 10.1. The monoisotopic (exact) mass is 375 g/mol. The Labute approximate surface area is 162 Å². The van der Waals surface area contributed by atoms with Gasteiger partial charge in [-0.1, -0.05) is 26.0 Å². The van der Waals surface area contributed by atoms with Gasteiger partial charge in [-0.2, -0.15) is 0 Å². The van der Waals surface area contributed by atoms with E-state index in [1.54, 1.807) is 20.1 Å². The van der Waals surface area contributed by atoms with Crippen LogP contribution in [0.1, 0.15) is 56.0 Å². The van der Waals surface area contributed by atoms with Gasteiger partial charge in [0.25, 0.3) is 0 Å². The summed E-state index contributed by atoms with van der Waals surface area (Å²) in [6.07, 6.45) is 7.88. The number of nitrogens with two attached hydrogens (primary N) is 2. The van der Waals surface area contributed by atoms with E-state index in [4.69, 9.17) is 20.3 Å². The molecule has 0 aliphatic heterocycles. The second kappa shape index (κ2) is 14.5. The maximum absolute atomic E-state index is 7.50. The van der Waals surface area contributed by atoms with Gasteiger partial charge in [-0.05, 0) is 44.5 Å². The molecule has 1 heterocycles. The third-order valence-corrected chi connectivity index (χ3v) is 3.42. The number of unbranched alkanes of at least 4 members (excludes halogenated alkanes) is 2. The highest BCUT2D eigenvalue weighted by Crippen LogP contribution is 2.21. The minimum Gasteiger partial charge on any atom is -0.496 e. The van der Waals surface area contributed by atoms with Crippen LogP contribution in [0.2, 0.25) is 0 Å². The van der Waals surface area contributed by atoms with Gasteiger partial charge in [0.05, 0.1) is 7.11 Å². The van der Waals surface area contributed by atoms with E-state index in [9.17, 15) is 0 Å². The fourth-order valence-corrected chi connectivity index (χ4v) is 2.22. The number of methoxy groups -OCH3 is 1. The summed E-state index contributed by atoms with van der Waals surface area (Å²) >= 11 is 0. The first kappa shape index (κ1) is 24.3. The van der Waals surface area contributed by atoms with Gasteiger partial charge in [-0.15, -0.1) is 10.2 Å². The average Bonchev–Trinajstić information content (AvgIpc) is 3.12. The summed E-state index contributed by atoms with van der Waals surface area (Å²) in [7, 11) is 3.13. The van der Waals surface area contributed by atoms with E-state index in [0.29, 0.717) is 17.3 Å². The van der Waals surface area contributed by atoms with Crippen molar-refractivity contribution < 1.29 is 9.15 Å². The molecule has 27 heavy (non-hydrogen) atoms. The molecule has 0 fully saturated rings. The molecule has 0 aliphatic rings. The largest absolute Gasteiger partial charge is 0.496 e. The highest BCUT2D eigenvalue weighted by Gasteiger charge is 2.04. The van der Waals surface area contributed by atoms with Gasteiger partial charge in [0.15, 0.2) is 0 Å². The first-order chi connectivity index (χ1) is 13.1. The lowest BCUT2D eigenvalue weighted by molar-refractivity contribution is 0.414. The van der Waals surface area contributed by atoms with Crippen LogP contribution in [0.5, 0.6) is 5.75 Å². The quantitative estimate of drug-likeness (QED) is 0.367. The number of benzene rings is 1. The molecule has 0 spiro atoms. The maximum Gasteiger partial charge on any atom is 0.216 e. The molecular formula is C20H33N5O2. The van der Waals surface area contributed by atoms with Crippen molar-refractivity contribution in [3.8, 4) is 5.75 Å². The first-order valence-electron chi connectivity index (χ1n) is 9.16. The number of nitrogen functional groups attached to an aromatic ring is 1. The summed E-state index contributed by atoms with van der Waals surface area (Å²) in [6.45, 7) is 5.79. The van der Waals surface area contributed by atoms with E-state index in [-0.39, 0.29) is 5.84 Å². The predicted octanol–water partition coefficient (Wildman–Crippen LogP) is 3.70. The summed E-state index contributed by atoms with van der Waals surface area (Å²) in [5.74, 6) is 2.13. The van der Waals surface area contributed by atoms with Gasteiger partial charge in [0.1, 0.15) is 11.6 Å². The summed E-state index contributed by atoms with van der Waals surface area (Å²) in [6, 6.07) is 5.47. The lowest BCUT2D eigenvalue weighted by Gasteiger charge is -2.07. The molecule has 0 unspecified atom stereocenters. The zero-order valence-electron chi connectivity index (χ0n) is 17.1. The molecule has 0 bridgehead atoms. The first-order valence-corrected chi connectivity index (χ1v) is 9.16. The van der Waals surface area contributed by atoms with Crippen molar-refractivity contribution in [2.45, 2.75) is 46.5 Å². The number of amidine groups is 1. The Balaban J connectivity index is 0.00000158. The van der Waals surface area contributed by atoms with E-state index in [1.807, 2.05) is 32.1 Å². The highest BCUT2D eigenvalue weighted by atomic mass is 16.5. The molecule has 0 amide bonds. The molecule has 0 saturated heterocycles. The van der Waals surface area contributed by atoms with Crippen LogP contribution in [-0.2, 0) is 6.42 Å². The Morgan fingerprint density at radius 3 is 2.48 bits per heavy atom. The highest BCUT2D eigenvalue weighted by molar-refractivity contribution is 5.95. The van der Waals surface area contributed by atoms with Gasteiger partial charge >= 0.3 is 0 Å². The lowest BCUT2D eigenvalue weighted by Crippen LogP contribution is -2.11. The van der Waals surface area contributed by atoms with Crippen LogP contribution in [-0.4, -0.2) is 30.2 Å². The van der Waals surface area contributed by atoms with E-state index in [2.05, 4.69) is 22.0 Å². The molecule has 7 nitrogen and oxygen atoms in total. The molecule has 1 aromatic heterocycles. The van der Waals surface area contributed by atoms with E-state index >= 15 is 0 Å². The van der Waals surface area contributed by atoms with Crippen molar-refractivity contribution in [3.05, 3.63) is 47.2 Å². The molecule has 2 aromatic rings. The zero-order valence-corrected chi connectivity index (χ0v) is 17.1. The number of hydrogen-bond donors (Lipinski definition) is 3. The molecule has 5 N–H and O–H groups in total. The number of rotatable bonds is 8. The van der Waals surface area contributed by atoms with E-state index in [1.165, 1.54) is 7.05 Å². The minimum absolute atomic E-state index is 0.0529. The van der Waals surface area contributed by atoms with Crippen LogP contribution in [0.25, 0.3) is 6.08 Å². The van der Waals surface area contributed by atoms with Crippen LogP contribution in [0, 0.1) is 12.3 Å².